The molecular formula is C14H17BrClNO3S. The number of hydrogen-bond donors (Lipinski definition) is 0. The van der Waals surface area contributed by atoms with Crippen LogP contribution >= 0.6 is 26.6 Å². The zero-order valence-electron chi connectivity index (χ0n) is 11.8. The number of rotatable bonds is 4. The summed E-state index contributed by atoms with van der Waals surface area (Å²) >= 11 is 3.44. The highest BCUT2D eigenvalue weighted by molar-refractivity contribution is 9.10. The molecule has 0 bridgehead atoms. The predicted molar refractivity (Wildman–Crippen MR) is 88.3 cm³/mol. The maximum atomic E-state index is 12.2. The van der Waals surface area contributed by atoms with E-state index in [2.05, 4.69) is 29.8 Å². The molecule has 0 saturated carbocycles. The van der Waals surface area contributed by atoms with E-state index in [9.17, 15) is 13.2 Å². The predicted octanol–water partition coefficient (Wildman–Crippen LogP) is 3.49. The zero-order chi connectivity index (χ0) is 15.8. The second kappa shape index (κ2) is 6.26. The molecule has 1 aromatic carbocycles. The van der Waals surface area contributed by atoms with Gasteiger partial charge in [0.15, 0.2) is 0 Å². The van der Waals surface area contributed by atoms with Gasteiger partial charge in [-0.1, -0.05) is 29.8 Å². The van der Waals surface area contributed by atoms with Gasteiger partial charge in [-0.3, -0.25) is 4.79 Å². The number of nitrogens with zero attached hydrogens (tertiary/aromatic N) is 1. The SMILES string of the molecule is CC(C)c1cc(Br)ccc1N1CC(CS(=O)(=O)Cl)CC1=O. The van der Waals surface area contributed by atoms with Gasteiger partial charge in [0.05, 0.1) is 5.75 Å². The Labute approximate surface area is 138 Å². The van der Waals surface area contributed by atoms with Crippen LogP contribution in [-0.4, -0.2) is 26.6 Å². The summed E-state index contributed by atoms with van der Waals surface area (Å²) in [7, 11) is 1.71. The number of benzene rings is 1. The van der Waals surface area contributed by atoms with E-state index in [1.165, 1.54) is 0 Å². The molecule has 0 aliphatic carbocycles. The van der Waals surface area contributed by atoms with Crippen LogP contribution in [0.5, 0.6) is 0 Å². The summed E-state index contributed by atoms with van der Waals surface area (Å²) in [5.41, 5.74) is 1.92. The number of anilines is 1. The zero-order valence-corrected chi connectivity index (χ0v) is 15.0. The van der Waals surface area contributed by atoms with E-state index in [0.29, 0.717) is 6.54 Å². The smallest absolute Gasteiger partial charge is 0.232 e. The first-order chi connectivity index (χ1) is 9.67. The van der Waals surface area contributed by atoms with Gasteiger partial charge >= 0.3 is 0 Å². The maximum absolute atomic E-state index is 12.2. The Hall–Kier alpha value is -0.590. The number of hydrogen-bond acceptors (Lipinski definition) is 3. The van der Waals surface area contributed by atoms with Crippen LogP contribution in [-0.2, 0) is 13.8 Å². The molecule has 116 valence electrons. The normalized spacial score (nSPS) is 19.6. The molecule has 1 saturated heterocycles. The molecule has 1 heterocycles. The van der Waals surface area contributed by atoms with E-state index in [1.807, 2.05) is 18.2 Å². The Kier molecular flexibility index (Phi) is 5.00. The van der Waals surface area contributed by atoms with E-state index in [4.69, 9.17) is 10.7 Å². The van der Waals surface area contributed by atoms with Crippen molar-refractivity contribution >= 4 is 47.3 Å². The van der Waals surface area contributed by atoms with Crippen molar-refractivity contribution in [1.82, 2.24) is 0 Å². The van der Waals surface area contributed by atoms with Crippen LogP contribution in [0.2, 0.25) is 0 Å². The van der Waals surface area contributed by atoms with Gasteiger partial charge < -0.3 is 4.90 Å². The molecule has 21 heavy (non-hydrogen) atoms. The molecule has 1 fully saturated rings. The van der Waals surface area contributed by atoms with Crippen molar-refractivity contribution in [2.24, 2.45) is 5.92 Å². The van der Waals surface area contributed by atoms with Crippen LogP contribution in [0.15, 0.2) is 22.7 Å². The van der Waals surface area contributed by atoms with Crippen LogP contribution in [0.4, 0.5) is 5.69 Å². The molecule has 2 rings (SSSR count). The molecule has 0 N–H and O–H groups in total. The summed E-state index contributed by atoms with van der Waals surface area (Å²) in [5, 5.41) is 0. The Balaban J connectivity index is 2.29. The molecule has 1 aromatic rings. The third-order valence-corrected chi connectivity index (χ3v) is 5.28. The van der Waals surface area contributed by atoms with Crippen molar-refractivity contribution in [3.8, 4) is 0 Å². The van der Waals surface area contributed by atoms with Crippen LogP contribution < -0.4 is 4.90 Å². The molecule has 4 nitrogen and oxygen atoms in total. The number of carbonyl (C=O) groups excluding carboxylic acids is 1. The summed E-state index contributed by atoms with van der Waals surface area (Å²) in [6, 6.07) is 5.79. The summed E-state index contributed by atoms with van der Waals surface area (Å²) in [6.07, 6.45) is 0.222. The van der Waals surface area contributed by atoms with Gasteiger partial charge in [0.1, 0.15) is 0 Å². The molecule has 1 aliphatic rings. The van der Waals surface area contributed by atoms with Crippen LogP contribution in [0, 0.1) is 5.92 Å². The van der Waals surface area contributed by atoms with Crippen molar-refractivity contribution in [3.63, 3.8) is 0 Å². The minimum atomic E-state index is -3.58. The molecule has 7 heteroatoms. The lowest BCUT2D eigenvalue weighted by molar-refractivity contribution is -0.117. The fourth-order valence-electron chi connectivity index (χ4n) is 2.64. The maximum Gasteiger partial charge on any atom is 0.232 e. The van der Waals surface area contributed by atoms with Gasteiger partial charge in [-0.25, -0.2) is 8.42 Å². The van der Waals surface area contributed by atoms with E-state index in [0.717, 1.165) is 15.7 Å². The molecule has 1 aliphatic heterocycles. The quantitative estimate of drug-likeness (QED) is 0.735. The van der Waals surface area contributed by atoms with Crippen molar-refractivity contribution < 1.29 is 13.2 Å². The first kappa shape index (κ1) is 16.8. The van der Waals surface area contributed by atoms with Crippen molar-refractivity contribution in [2.75, 3.05) is 17.2 Å². The van der Waals surface area contributed by atoms with E-state index in [-0.39, 0.29) is 29.9 Å². The summed E-state index contributed by atoms with van der Waals surface area (Å²) < 4.78 is 23.3. The first-order valence-corrected chi connectivity index (χ1v) is 9.96. The van der Waals surface area contributed by atoms with Gasteiger partial charge in [0.25, 0.3) is 0 Å². The average Bonchev–Trinajstić information content (AvgIpc) is 2.67. The first-order valence-electron chi connectivity index (χ1n) is 6.69. The van der Waals surface area contributed by atoms with E-state index in [1.54, 1.807) is 4.90 Å². The highest BCUT2D eigenvalue weighted by atomic mass is 79.9. The molecule has 0 aromatic heterocycles. The molecule has 1 atom stereocenters. The molecule has 0 spiro atoms. The van der Waals surface area contributed by atoms with Crippen molar-refractivity contribution in [3.05, 3.63) is 28.2 Å². The topological polar surface area (TPSA) is 54.5 Å². The summed E-state index contributed by atoms with van der Waals surface area (Å²) in [4.78, 5) is 13.9. The molecule has 1 unspecified atom stereocenters. The van der Waals surface area contributed by atoms with Crippen LogP contribution in [0.25, 0.3) is 0 Å². The Bertz CT molecular complexity index is 660. The van der Waals surface area contributed by atoms with Gasteiger partial charge in [-0.2, -0.15) is 0 Å². The summed E-state index contributed by atoms with van der Waals surface area (Å²) in [6.45, 7) is 4.52. The Morgan fingerprint density at radius 2 is 2.10 bits per heavy atom. The lowest BCUT2D eigenvalue weighted by atomic mass is 10.0. The van der Waals surface area contributed by atoms with Gasteiger partial charge in [-0.15, -0.1) is 0 Å². The monoisotopic (exact) mass is 393 g/mol. The minimum Gasteiger partial charge on any atom is -0.312 e. The lowest BCUT2D eigenvalue weighted by Gasteiger charge is -2.22. The Morgan fingerprint density at radius 3 is 2.67 bits per heavy atom. The highest BCUT2D eigenvalue weighted by Crippen LogP contribution is 2.34. The molecule has 0 radical (unpaired) electrons. The molecular weight excluding hydrogens is 378 g/mol. The number of halogens is 2. The second-order valence-corrected chi connectivity index (χ2v) is 9.38. The van der Waals surface area contributed by atoms with Gasteiger partial charge in [-0.05, 0) is 29.7 Å². The minimum absolute atomic E-state index is 0.0514. The van der Waals surface area contributed by atoms with Crippen molar-refractivity contribution in [1.29, 1.82) is 0 Å². The van der Waals surface area contributed by atoms with E-state index < -0.39 is 9.05 Å². The van der Waals surface area contributed by atoms with Gasteiger partial charge in [0, 0.05) is 39.7 Å². The number of amides is 1. The van der Waals surface area contributed by atoms with Gasteiger partial charge in [0.2, 0.25) is 15.0 Å². The fourth-order valence-corrected chi connectivity index (χ4v) is 4.34. The third kappa shape index (κ3) is 4.20. The fraction of sp³-hybridized carbons (Fsp3) is 0.500. The standard InChI is InChI=1S/C14H17BrClNO3S/c1-9(2)12-6-11(15)3-4-13(12)17-7-10(5-14(17)18)8-21(16,19)20/h3-4,6,9-10H,5,7-8H2,1-2H3. The van der Waals surface area contributed by atoms with Crippen LogP contribution in [0.1, 0.15) is 31.7 Å². The highest BCUT2D eigenvalue weighted by Gasteiger charge is 2.34. The van der Waals surface area contributed by atoms with E-state index >= 15 is 0 Å². The largest absolute Gasteiger partial charge is 0.312 e. The van der Waals surface area contributed by atoms with Crippen molar-refractivity contribution in [2.45, 2.75) is 26.2 Å². The van der Waals surface area contributed by atoms with Crippen LogP contribution in [0.3, 0.4) is 0 Å². The molecule has 1 amide bonds. The number of carbonyl (C=O) groups is 1. The Morgan fingerprint density at radius 1 is 1.43 bits per heavy atom. The summed E-state index contributed by atoms with van der Waals surface area (Å²) in [5.74, 6) is -0.195. The average molecular weight is 395 g/mol. The third-order valence-electron chi connectivity index (χ3n) is 3.54. The second-order valence-electron chi connectivity index (χ2n) is 5.64. The lowest BCUT2D eigenvalue weighted by Crippen LogP contribution is -2.26.